The maximum atomic E-state index is 13.6. The number of carbonyl (C=O) groups excluding carboxylic acids is 1. The third kappa shape index (κ3) is 3.67. The van der Waals surface area contributed by atoms with Gasteiger partial charge in [0.1, 0.15) is 10.6 Å². The van der Waals surface area contributed by atoms with Gasteiger partial charge in [-0.2, -0.15) is 4.68 Å². The summed E-state index contributed by atoms with van der Waals surface area (Å²) in [6.07, 6.45) is 0.710. The van der Waals surface area contributed by atoms with Gasteiger partial charge in [-0.1, -0.05) is 11.6 Å². The van der Waals surface area contributed by atoms with E-state index in [2.05, 4.69) is 5.10 Å². The number of rotatable bonds is 2. The molecule has 0 radical (unpaired) electrons. The van der Waals surface area contributed by atoms with E-state index in [0.29, 0.717) is 0 Å². The summed E-state index contributed by atoms with van der Waals surface area (Å²) in [6, 6.07) is 4.16. The number of hydrogen-bond donors (Lipinski definition) is 1. The van der Waals surface area contributed by atoms with Crippen molar-refractivity contribution in [1.29, 1.82) is 0 Å². The van der Waals surface area contributed by atoms with Crippen LogP contribution in [0.2, 0.25) is 5.02 Å². The Kier molecular flexibility index (Phi) is 4.27. The SMILES string of the molecule is CC(C)(C)OC(=O)n1ccc(Oc2ccc(N)c(F)c2Cl)n1. The number of benzene rings is 1. The van der Waals surface area contributed by atoms with E-state index < -0.39 is 17.5 Å². The Balaban J connectivity index is 2.16. The van der Waals surface area contributed by atoms with E-state index >= 15 is 0 Å². The number of ether oxygens (including phenoxy) is 2. The molecule has 0 aliphatic carbocycles. The molecule has 0 spiro atoms. The molecule has 1 aromatic heterocycles. The molecule has 2 aromatic rings. The summed E-state index contributed by atoms with van der Waals surface area (Å²) in [4.78, 5) is 11.8. The van der Waals surface area contributed by atoms with Crippen LogP contribution in [0.1, 0.15) is 20.8 Å². The van der Waals surface area contributed by atoms with E-state index in [0.717, 1.165) is 4.68 Å². The zero-order chi connectivity index (χ0) is 16.5. The van der Waals surface area contributed by atoms with Crippen molar-refractivity contribution < 1.29 is 18.7 Å². The molecule has 6 nitrogen and oxygen atoms in total. The Hall–Kier alpha value is -2.28. The summed E-state index contributed by atoms with van der Waals surface area (Å²) in [7, 11) is 0. The molecule has 1 aromatic carbocycles. The van der Waals surface area contributed by atoms with Crippen molar-refractivity contribution in [3.05, 3.63) is 35.2 Å². The van der Waals surface area contributed by atoms with Gasteiger partial charge in [0.25, 0.3) is 0 Å². The van der Waals surface area contributed by atoms with Crippen LogP contribution in [0.3, 0.4) is 0 Å². The summed E-state index contributed by atoms with van der Waals surface area (Å²) in [5.74, 6) is -0.662. The summed E-state index contributed by atoms with van der Waals surface area (Å²) >= 11 is 5.80. The summed E-state index contributed by atoms with van der Waals surface area (Å²) in [6.45, 7) is 5.22. The Morgan fingerprint density at radius 1 is 1.36 bits per heavy atom. The molecule has 0 aliphatic rings. The van der Waals surface area contributed by atoms with E-state index in [1.54, 1.807) is 20.8 Å². The van der Waals surface area contributed by atoms with Crippen molar-refractivity contribution in [3.63, 3.8) is 0 Å². The fraction of sp³-hybridized carbons (Fsp3) is 0.286. The minimum Gasteiger partial charge on any atom is -0.442 e. The number of nitrogen functional groups attached to an aromatic ring is 1. The van der Waals surface area contributed by atoms with Crippen LogP contribution in [0.4, 0.5) is 14.9 Å². The lowest BCUT2D eigenvalue weighted by molar-refractivity contribution is 0.0512. The van der Waals surface area contributed by atoms with Crippen molar-refractivity contribution in [2.75, 3.05) is 5.73 Å². The number of carbonyl (C=O) groups is 1. The van der Waals surface area contributed by atoms with Crippen molar-refractivity contribution in [2.24, 2.45) is 0 Å². The van der Waals surface area contributed by atoms with Crippen molar-refractivity contribution in [3.8, 4) is 11.6 Å². The second kappa shape index (κ2) is 5.84. The van der Waals surface area contributed by atoms with E-state index in [1.165, 1.54) is 24.4 Å². The Labute approximate surface area is 131 Å². The van der Waals surface area contributed by atoms with E-state index in [9.17, 15) is 9.18 Å². The molecule has 0 saturated heterocycles. The predicted octanol–water partition coefficient (Wildman–Crippen LogP) is 3.83. The quantitative estimate of drug-likeness (QED) is 0.848. The van der Waals surface area contributed by atoms with Crippen LogP contribution in [0.25, 0.3) is 0 Å². The highest BCUT2D eigenvalue weighted by Crippen LogP contribution is 2.33. The Bertz CT molecular complexity index is 710. The van der Waals surface area contributed by atoms with Crippen LogP contribution in [0, 0.1) is 5.82 Å². The average molecular weight is 328 g/mol. The van der Waals surface area contributed by atoms with Gasteiger partial charge in [0.2, 0.25) is 5.88 Å². The smallest absolute Gasteiger partial charge is 0.435 e. The van der Waals surface area contributed by atoms with Gasteiger partial charge in [0.05, 0.1) is 5.69 Å². The van der Waals surface area contributed by atoms with Gasteiger partial charge in [-0.3, -0.25) is 0 Å². The van der Waals surface area contributed by atoms with Crippen LogP contribution in [-0.2, 0) is 4.74 Å². The third-order valence-electron chi connectivity index (χ3n) is 2.44. The first kappa shape index (κ1) is 16.1. The highest BCUT2D eigenvalue weighted by atomic mass is 35.5. The monoisotopic (exact) mass is 327 g/mol. The number of aromatic nitrogens is 2. The molecule has 0 fully saturated rings. The van der Waals surface area contributed by atoms with Crippen LogP contribution >= 0.6 is 11.6 Å². The number of anilines is 1. The maximum Gasteiger partial charge on any atom is 0.435 e. The molecule has 0 amide bonds. The standard InChI is InChI=1S/C14H15ClFN3O3/c1-14(2,3)22-13(20)19-7-6-10(18-19)21-9-5-4-8(17)12(16)11(9)15/h4-7H,17H2,1-3H3. The molecule has 0 unspecified atom stereocenters. The lowest BCUT2D eigenvalue weighted by atomic mass is 10.2. The molecule has 8 heteroatoms. The number of hydrogen-bond acceptors (Lipinski definition) is 5. The Morgan fingerprint density at radius 2 is 2.05 bits per heavy atom. The fourth-order valence-corrected chi connectivity index (χ4v) is 1.72. The number of nitrogens with two attached hydrogens (primary N) is 1. The molecular weight excluding hydrogens is 313 g/mol. The second-order valence-electron chi connectivity index (χ2n) is 5.46. The lowest BCUT2D eigenvalue weighted by Gasteiger charge is -2.18. The van der Waals surface area contributed by atoms with Gasteiger partial charge in [-0.25, -0.2) is 9.18 Å². The van der Waals surface area contributed by atoms with Gasteiger partial charge >= 0.3 is 6.09 Å². The summed E-state index contributed by atoms with van der Waals surface area (Å²) < 4.78 is 25.0. The van der Waals surface area contributed by atoms with Crippen LogP contribution < -0.4 is 10.5 Å². The fourth-order valence-electron chi connectivity index (χ4n) is 1.51. The van der Waals surface area contributed by atoms with Crippen molar-refractivity contribution in [1.82, 2.24) is 9.78 Å². The van der Waals surface area contributed by atoms with Gasteiger partial charge in [-0.05, 0) is 32.9 Å². The first-order valence-electron chi connectivity index (χ1n) is 6.38. The number of nitrogens with zero attached hydrogens (tertiary/aromatic N) is 2. The van der Waals surface area contributed by atoms with Crippen molar-refractivity contribution in [2.45, 2.75) is 26.4 Å². The van der Waals surface area contributed by atoms with Gasteiger partial charge in [-0.15, -0.1) is 5.10 Å². The molecular formula is C14H15ClFN3O3. The molecule has 22 heavy (non-hydrogen) atoms. The Morgan fingerprint density at radius 3 is 2.68 bits per heavy atom. The minimum absolute atomic E-state index is 0.0443. The van der Waals surface area contributed by atoms with E-state index in [-0.39, 0.29) is 22.3 Å². The van der Waals surface area contributed by atoms with Crippen molar-refractivity contribution >= 4 is 23.4 Å². The molecule has 1 heterocycles. The molecule has 118 valence electrons. The van der Waals surface area contributed by atoms with E-state index in [1.807, 2.05) is 0 Å². The van der Waals surface area contributed by atoms with Gasteiger partial charge in [0, 0.05) is 12.3 Å². The molecule has 0 saturated carbocycles. The maximum absolute atomic E-state index is 13.6. The summed E-state index contributed by atoms with van der Waals surface area (Å²) in [5, 5.41) is 3.63. The highest BCUT2D eigenvalue weighted by Gasteiger charge is 2.19. The first-order chi connectivity index (χ1) is 10.2. The normalized spacial score (nSPS) is 11.3. The third-order valence-corrected chi connectivity index (χ3v) is 2.79. The average Bonchev–Trinajstić information content (AvgIpc) is 2.86. The van der Waals surface area contributed by atoms with Gasteiger partial charge in [0.15, 0.2) is 11.6 Å². The second-order valence-corrected chi connectivity index (χ2v) is 5.84. The van der Waals surface area contributed by atoms with Gasteiger partial charge < -0.3 is 15.2 Å². The largest absolute Gasteiger partial charge is 0.442 e. The van der Waals surface area contributed by atoms with Crippen LogP contribution in [-0.4, -0.2) is 21.5 Å². The zero-order valence-corrected chi connectivity index (χ0v) is 13.0. The van der Waals surface area contributed by atoms with Crippen LogP contribution in [0.5, 0.6) is 11.6 Å². The lowest BCUT2D eigenvalue weighted by Crippen LogP contribution is -2.27. The summed E-state index contributed by atoms with van der Waals surface area (Å²) in [5.41, 5.74) is 4.66. The molecule has 2 rings (SSSR count). The molecule has 2 N–H and O–H groups in total. The molecule has 0 aliphatic heterocycles. The first-order valence-corrected chi connectivity index (χ1v) is 6.75. The highest BCUT2D eigenvalue weighted by molar-refractivity contribution is 6.32. The molecule has 0 bridgehead atoms. The predicted molar refractivity (Wildman–Crippen MR) is 79.8 cm³/mol. The topological polar surface area (TPSA) is 79.4 Å². The number of halogens is 2. The minimum atomic E-state index is -0.772. The van der Waals surface area contributed by atoms with E-state index in [4.69, 9.17) is 26.8 Å². The zero-order valence-electron chi connectivity index (χ0n) is 12.3. The molecule has 0 atom stereocenters. The van der Waals surface area contributed by atoms with Crippen LogP contribution in [0.15, 0.2) is 24.4 Å².